The molecule has 2 heteroatoms. The number of aliphatic hydroxyl groups excluding tert-OH is 1. The summed E-state index contributed by atoms with van der Waals surface area (Å²) in [4.78, 5) is 11.6. The highest BCUT2D eigenvalue weighted by Gasteiger charge is 2.52. The predicted octanol–water partition coefficient (Wildman–Crippen LogP) is 2.15. The van der Waals surface area contributed by atoms with Crippen molar-refractivity contribution in [1.82, 2.24) is 0 Å². The van der Waals surface area contributed by atoms with Crippen LogP contribution in [0.1, 0.15) is 47.0 Å². The first-order valence-corrected chi connectivity index (χ1v) is 5.06. The Kier molecular flexibility index (Phi) is 2.54. The Bertz CT molecular complexity index is 214. The van der Waals surface area contributed by atoms with E-state index < -0.39 is 11.5 Å². The molecule has 0 heterocycles. The van der Waals surface area contributed by atoms with Crippen molar-refractivity contribution in [2.45, 2.75) is 53.1 Å². The van der Waals surface area contributed by atoms with Gasteiger partial charge in [-0.3, -0.25) is 4.79 Å². The number of ketones is 1. The first kappa shape index (κ1) is 10.7. The fourth-order valence-electron chi connectivity index (χ4n) is 1.95. The van der Waals surface area contributed by atoms with Crippen molar-refractivity contribution < 1.29 is 9.90 Å². The summed E-state index contributed by atoms with van der Waals surface area (Å²) in [7, 11) is 0. The molecule has 0 aromatic heterocycles. The molecule has 0 spiro atoms. The first-order valence-electron chi connectivity index (χ1n) is 5.06. The Morgan fingerprint density at radius 1 is 1.54 bits per heavy atom. The molecule has 1 unspecified atom stereocenters. The standard InChI is InChI=1S/C11H20O2/c1-5-8(12)10(2,3)9(13)11(4)6-7-11/h9,13H,5-7H2,1-4H3. The van der Waals surface area contributed by atoms with Crippen molar-refractivity contribution in [3.05, 3.63) is 0 Å². The second-order valence-corrected chi connectivity index (χ2v) is 5.05. The van der Waals surface area contributed by atoms with Crippen LogP contribution in [0.5, 0.6) is 0 Å². The Hall–Kier alpha value is -0.370. The minimum absolute atomic E-state index is 0.00826. The summed E-state index contributed by atoms with van der Waals surface area (Å²) < 4.78 is 0. The minimum atomic E-state index is -0.569. The van der Waals surface area contributed by atoms with E-state index in [1.807, 2.05) is 20.8 Å². The van der Waals surface area contributed by atoms with Gasteiger partial charge in [0, 0.05) is 11.8 Å². The van der Waals surface area contributed by atoms with Gasteiger partial charge < -0.3 is 5.11 Å². The summed E-state index contributed by atoms with van der Waals surface area (Å²) >= 11 is 0. The fourth-order valence-corrected chi connectivity index (χ4v) is 1.95. The number of carbonyl (C=O) groups is 1. The third kappa shape index (κ3) is 1.78. The highest BCUT2D eigenvalue weighted by atomic mass is 16.3. The summed E-state index contributed by atoms with van der Waals surface area (Å²) in [6.45, 7) is 7.62. The molecule has 0 radical (unpaired) electrons. The molecule has 0 aromatic carbocycles. The predicted molar refractivity (Wildman–Crippen MR) is 52.4 cm³/mol. The van der Waals surface area contributed by atoms with Crippen LogP contribution in [0.25, 0.3) is 0 Å². The van der Waals surface area contributed by atoms with E-state index in [0.29, 0.717) is 6.42 Å². The lowest BCUT2D eigenvalue weighted by Gasteiger charge is -2.33. The van der Waals surface area contributed by atoms with Gasteiger partial charge in [0.25, 0.3) is 0 Å². The van der Waals surface area contributed by atoms with Gasteiger partial charge in [-0.25, -0.2) is 0 Å². The lowest BCUT2D eigenvalue weighted by Crippen LogP contribution is -2.41. The van der Waals surface area contributed by atoms with Crippen molar-refractivity contribution in [3.63, 3.8) is 0 Å². The summed E-state index contributed by atoms with van der Waals surface area (Å²) in [5.41, 5.74) is -0.561. The van der Waals surface area contributed by atoms with Crippen molar-refractivity contribution in [2.75, 3.05) is 0 Å². The second-order valence-electron chi connectivity index (χ2n) is 5.05. The van der Waals surface area contributed by atoms with E-state index in [1.165, 1.54) is 0 Å². The molecular formula is C11H20O2. The van der Waals surface area contributed by atoms with Gasteiger partial charge >= 0.3 is 0 Å². The van der Waals surface area contributed by atoms with Crippen LogP contribution < -0.4 is 0 Å². The monoisotopic (exact) mass is 184 g/mol. The molecule has 0 saturated heterocycles. The van der Waals surface area contributed by atoms with Crippen LogP contribution in [-0.2, 0) is 4.79 Å². The lowest BCUT2D eigenvalue weighted by atomic mass is 9.74. The highest BCUT2D eigenvalue weighted by molar-refractivity contribution is 5.84. The summed E-state index contributed by atoms with van der Waals surface area (Å²) in [6.07, 6.45) is 2.14. The van der Waals surface area contributed by atoms with E-state index in [-0.39, 0.29) is 11.2 Å². The molecule has 1 saturated carbocycles. The molecule has 1 aliphatic carbocycles. The van der Waals surface area contributed by atoms with Crippen LogP contribution in [0.2, 0.25) is 0 Å². The number of hydrogen-bond acceptors (Lipinski definition) is 2. The molecule has 0 aliphatic heterocycles. The van der Waals surface area contributed by atoms with E-state index >= 15 is 0 Å². The van der Waals surface area contributed by atoms with Gasteiger partial charge in [0.15, 0.2) is 0 Å². The third-order valence-electron chi connectivity index (χ3n) is 3.42. The zero-order valence-corrected chi connectivity index (χ0v) is 9.05. The van der Waals surface area contributed by atoms with Crippen molar-refractivity contribution in [2.24, 2.45) is 10.8 Å². The normalized spacial score (nSPS) is 22.5. The molecule has 2 nitrogen and oxygen atoms in total. The average molecular weight is 184 g/mol. The summed E-state index contributed by atoms with van der Waals surface area (Å²) in [5, 5.41) is 10.1. The minimum Gasteiger partial charge on any atom is -0.392 e. The van der Waals surface area contributed by atoms with Crippen molar-refractivity contribution >= 4 is 5.78 Å². The van der Waals surface area contributed by atoms with Gasteiger partial charge in [0.2, 0.25) is 0 Å². The maximum atomic E-state index is 11.6. The van der Waals surface area contributed by atoms with Crippen LogP contribution >= 0.6 is 0 Å². The number of hydrogen-bond donors (Lipinski definition) is 1. The Morgan fingerprint density at radius 3 is 2.31 bits per heavy atom. The molecule has 1 atom stereocenters. The smallest absolute Gasteiger partial charge is 0.140 e. The molecule has 0 bridgehead atoms. The maximum absolute atomic E-state index is 11.6. The van der Waals surface area contributed by atoms with Crippen molar-refractivity contribution in [1.29, 1.82) is 0 Å². The average Bonchev–Trinajstić information content (AvgIpc) is 2.82. The number of rotatable bonds is 4. The Labute approximate surface area is 80.3 Å². The molecule has 1 N–H and O–H groups in total. The number of carbonyl (C=O) groups excluding carboxylic acids is 1. The van der Waals surface area contributed by atoms with Crippen LogP contribution in [0.4, 0.5) is 0 Å². The maximum Gasteiger partial charge on any atom is 0.140 e. The summed E-state index contributed by atoms with van der Waals surface area (Å²) in [5.74, 6) is 0.160. The van der Waals surface area contributed by atoms with Crippen LogP contribution in [0, 0.1) is 10.8 Å². The molecular weight excluding hydrogens is 164 g/mol. The van der Waals surface area contributed by atoms with E-state index in [1.54, 1.807) is 0 Å². The molecule has 0 aromatic rings. The van der Waals surface area contributed by atoms with Gasteiger partial charge in [0.1, 0.15) is 5.78 Å². The van der Waals surface area contributed by atoms with Gasteiger partial charge in [-0.1, -0.05) is 27.7 Å². The Balaban J connectivity index is 2.73. The van der Waals surface area contributed by atoms with Gasteiger partial charge in [0.05, 0.1) is 6.10 Å². The molecule has 1 fully saturated rings. The lowest BCUT2D eigenvalue weighted by molar-refractivity contribution is -0.135. The van der Waals surface area contributed by atoms with Gasteiger partial charge in [-0.15, -0.1) is 0 Å². The first-order chi connectivity index (χ1) is 5.84. The van der Waals surface area contributed by atoms with Gasteiger partial charge in [-0.2, -0.15) is 0 Å². The summed E-state index contributed by atoms with van der Waals surface area (Å²) in [6, 6.07) is 0. The SMILES string of the molecule is CCC(=O)C(C)(C)C(O)C1(C)CC1. The molecule has 1 aliphatic rings. The van der Waals surface area contributed by atoms with Crippen LogP contribution in [-0.4, -0.2) is 17.0 Å². The van der Waals surface area contributed by atoms with E-state index in [9.17, 15) is 9.90 Å². The number of aliphatic hydroxyl groups is 1. The zero-order chi connectivity index (χ0) is 10.3. The van der Waals surface area contributed by atoms with Gasteiger partial charge in [-0.05, 0) is 18.3 Å². The van der Waals surface area contributed by atoms with Crippen LogP contribution in [0.3, 0.4) is 0 Å². The quantitative estimate of drug-likeness (QED) is 0.727. The van der Waals surface area contributed by atoms with Crippen LogP contribution in [0.15, 0.2) is 0 Å². The number of Topliss-reactive ketones (excluding diaryl/α,β-unsaturated/α-hetero) is 1. The molecule has 76 valence electrons. The molecule has 0 amide bonds. The molecule has 1 rings (SSSR count). The largest absolute Gasteiger partial charge is 0.392 e. The topological polar surface area (TPSA) is 37.3 Å². The zero-order valence-electron chi connectivity index (χ0n) is 9.05. The third-order valence-corrected chi connectivity index (χ3v) is 3.42. The fraction of sp³-hybridized carbons (Fsp3) is 0.909. The van der Waals surface area contributed by atoms with E-state index in [0.717, 1.165) is 12.8 Å². The van der Waals surface area contributed by atoms with E-state index in [2.05, 4.69) is 6.92 Å². The van der Waals surface area contributed by atoms with Crippen molar-refractivity contribution in [3.8, 4) is 0 Å². The highest BCUT2D eigenvalue weighted by Crippen LogP contribution is 2.53. The Morgan fingerprint density at radius 2 is 2.00 bits per heavy atom. The molecule has 13 heavy (non-hydrogen) atoms. The second kappa shape index (κ2) is 3.09. The van der Waals surface area contributed by atoms with E-state index in [4.69, 9.17) is 0 Å².